The molecule has 0 spiro atoms. The molecule has 4 heteroatoms. The average molecular weight is 451 g/mol. The Morgan fingerprint density at radius 3 is 2.42 bits per heavy atom. The zero-order valence-corrected chi connectivity index (χ0v) is 21.0. The summed E-state index contributed by atoms with van der Waals surface area (Å²) in [7, 11) is 0. The van der Waals surface area contributed by atoms with E-state index in [2.05, 4.69) is 10.3 Å². The van der Waals surface area contributed by atoms with Gasteiger partial charge in [-0.2, -0.15) is 0 Å². The fourth-order valence-corrected chi connectivity index (χ4v) is 4.56. The first-order valence-corrected chi connectivity index (χ1v) is 12.0. The third-order valence-electron chi connectivity index (χ3n) is 6.51. The quantitative estimate of drug-likeness (QED) is 0.412. The molecule has 0 bridgehead atoms. The first-order valence-electron chi connectivity index (χ1n) is 12.0. The minimum absolute atomic E-state index is 0.0411. The fraction of sp³-hybridized carbons (Fsp3) is 0.448. The third kappa shape index (κ3) is 7.96. The fourth-order valence-electron chi connectivity index (χ4n) is 4.56. The van der Waals surface area contributed by atoms with Crippen molar-refractivity contribution in [2.75, 3.05) is 0 Å². The molecule has 178 valence electrons. The van der Waals surface area contributed by atoms with E-state index in [9.17, 15) is 9.18 Å². The van der Waals surface area contributed by atoms with E-state index in [0.717, 1.165) is 48.2 Å². The highest BCUT2D eigenvalue weighted by atomic mass is 19.1. The summed E-state index contributed by atoms with van der Waals surface area (Å²) >= 11 is 0. The van der Waals surface area contributed by atoms with Gasteiger partial charge in [-0.15, -0.1) is 0 Å². The van der Waals surface area contributed by atoms with Gasteiger partial charge in [0.2, 0.25) is 5.91 Å². The molecular weight excluding hydrogens is 411 g/mol. The Balaban J connectivity index is 2.03. The molecule has 33 heavy (non-hydrogen) atoms. The highest BCUT2D eigenvalue weighted by Crippen LogP contribution is 2.40. The molecule has 0 saturated heterocycles. The van der Waals surface area contributed by atoms with Crippen molar-refractivity contribution in [2.24, 2.45) is 11.8 Å². The van der Waals surface area contributed by atoms with Crippen molar-refractivity contribution in [1.29, 1.82) is 0 Å². The lowest BCUT2D eigenvalue weighted by Crippen LogP contribution is -2.33. The molecule has 1 aromatic heterocycles. The summed E-state index contributed by atoms with van der Waals surface area (Å²) in [5.74, 6) is 0.509. The van der Waals surface area contributed by atoms with Gasteiger partial charge >= 0.3 is 0 Å². The highest BCUT2D eigenvalue weighted by Gasteiger charge is 2.30. The van der Waals surface area contributed by atoms with Gasteiger partial charge in [0.15, 0.2) is 0 Å². The first kappa shape index (κ1) is 26.5. The lowest BCUT2D eigenvalue weighted by atomic mass is 9.73. The van der Waals surface area contributed by atoms with Crippen molar-refractivity contribution in [3.8, 4) is 0 Å². The highest BCUT2D eigenvalue weighted by molar-refractivity contribution is 5.80. The van der Waals surface area contributed by atoms with Crippen LogP contribution in [0.15, 0.2) is 65.8 Å². The summed E-state index contributed by atoms with van der Waals surface area (Å²) in [6, 6.07) is 2.03. The van der Waals surface area contributed by atoms with Crippen molar-refractivity contribution in [3.05, 3.63) is 82.6 Å². The second-order valence-corrected chi connectivity index (χ2v) is 9.08. The van der Waals surface area contributed by atoms with Crippen molar-refractivity contribution in [2.45, 2.75) is 73.1 Å². The lowest BCUT2D eigenvalue weighted by molar-refractivity contribution is -0.125. The van der Waals surface area contributed by atoms with E-state index in [-0.39, 0.29) is 17.7 Å². The number of hydrogen-bond acceptors (Lipinski definition) is 2. The second kappa shape index (κ2) is 13.1. The topological polar surface area (TPSA) is 42.0 Å². The van der Waals surface area contributed by atoms with Crippen LogP contribution >= 0.6 is 0 Å². The van der Waals surface area contributed by atoms with Gasteiger partial charge < -0.3 is 5.32 Å². The molecule has 1 atom stereocenters. The number of carbonyl (C=O) groups is 1. The van der Waals surface area contributed by atoms with Gasteiger partial charge in [0.1, 0.15) is 5.83 Å². The van der Waals surface area contributed by atoms with Gasteiger partial charge in [-0.1, -0.05) is 36.8 Å². The molecule has 2 rings (SSSR count). The number of nitrogens with one attached hydrogen (secondary N) is 1. The molecule has 3 nitrogen and oxygen atoms in total. The number of rotatable bonds is 8. The van der Waals surface area contributed by atoms with E-state index >= 15 is 0 Å². The number of aryl methyl sites for hydroxylation is 1. The van der Waals surface area contributed by atoms with Crippen LogP contribution in [0.5, 0.6) is 0 Å². The number of aromatic nitrogens is 1. The molecule has 1 saturated carbocycles. The number of hydrogen-bond donors (Lipinski definition) is 1. The Hall–Kier alpha value is -2.75. The maximum absolute atomic E-state index is 14.2. The molecule has 1 unspecified atom stereocenters. The number of allylic oxidation sites excluding steroid dienone is 9. The zero-order chi connectivity index (χ0) is 24.4. The average Bonchev–Trinajstić information content (AvgIpc) is 2.79. The molecule has 1 fully saturated rings. The summed E-state index contributed by atoms with van der Waals surface area (Å²) in [6.45, 7) is 11.7. The van der Waals surface area contributed by atoms with Crippen molar-refractivity contribution in [3.63, 3.8) is 0 Å². The van der Waals surface area contributed by atoms with Gasteiger partial charge in [-0.3, -0.25) is 9.78 Å². The summed E-state index contributed by atoms with van der Waals surface area (Å²) < 4.78 is 14.2. The minimum Gasteiger partial charge on any atom is -0.330 e. The predicted molar refractivity (Wildman–Crippen MR) is 137 cm³/mol. The van der Waals surface area contributed by atoms with E-state index in [1.165, 1.54) is 11.6 Å². The second-order valence-electron chi connectivity index (χ2n) is 9.08. The van der Waals surface area contributed by atoms with Crippen molar-refractivity contribution >= 4 is 12.0 Å². The van der Waals surface area contributed by atoms with E-state index in [0.29, 0.717) is 11.8 Å². The molecule has 1 heterocycles. The van der Waals surface area contributed by atoms with Crippen LogP contribution in [-0.2, 0) is 4.79 Å². The molecule has 1 N–H and O–H groups in total. The Morgan fingerprint density at radius 2 is 1.79 bits per heavy atom. The number of nitrogens with zero attached hydrogens (tertiary/aromatic N) is 1. The van der Waals surface area contributed by atoms with Crippen LogP contribution in [0.3, 0.4) is 0 Å². The van der Waals surface area contributed by atoms with Gasteiger partial charge in [-0.05, 0) is 102 Å². The summed E-state index contributed by atoms with van der Waals surface area (Å²) in [5.41, 5.74) is 4.91. The predicted octanol–water partition coefficient (Wildman–Crippen LogP) is 7.73. The zero-order valence-electron chi connectivity index (χ0n) is 21.0. The Kier molecular flexibility index (Phi) is 10.5. The van der Waals surface area contributed by atoms with Crippen LogP contribution in [0.4, 0.5) is 4.39 Å². The largest absolute Gasteiger partial charge is 0.330 e. The standard InChI is InChI=1S/C29H39FN2O/c1-7-9-20(3)11-12-21(4)32-29(33)22(5)24-13-15-25(16-14-24)27-17-18-31-23(6)28(27)19-26(30)10-8-2/h7-12,17-19,22,24-25H,13-16H2,1-6H3,(H,32,33)/b9-7-,10-8-,20-11-,21-12+,26-19+. The molecule has 0 aliphatic heterocycles. The van der Waals surface area contributed by atoms with Crippen molar-refractivity contribution in [1.82, 2.24) is 10.3 Å². The lowest BCUT2D eigenvalue weighted by Gasteiger charge is -2.32. The number of pyridine rings is 1. The van der Waals surface area contributed by atoms with E-state index in [4.69, 9.17) is 0 Å². The molecule has 1 aliphatic rings. The van der Waals surface area contributed by atoms with Crippen LogP contribution in [0.2, 0.25) is 0 Å². The monoisotopic (exact) mass is 450 g/mol. The van der Waals surface area contributed by atoms with Crippen LogP contribution < -0.4 is 5.32 Å². The Bertz CT molecular complexity index is 960. The van der Waals surface area contributed by atoms with Crippen LogP contribution in [0.1, 0.15) is 83.0 Å². The van der Waals surface area contributed by atoms with Crippen LogP contribution in [0.25, 0.3) is 6.08 Å². The number of halogens is 1. The van der Waals surface area contributed by atoms with E-state index in [1.807, 2.05) is 78.1 Å². The molecule has 1 amide bonds. The first-order chi connectivity index (χ1) is 15.8. The normalized spacial score (nSPS) is 21.6. The molecule has 1 aliphatic carbocycles. The summed E-state index contributed by atoms with van der Waals surface area (Å²) in [6.07, 6.45) is 18.6. The van der Waals surface area contributed by atoms with E-state index in [1.54, 1.807) is 12.2 Å². The van der Waals surface area contributed by atoms with Gasteiger partial charge in [0.25, 0.3) is 0 Å². The van der Waals surface area contributed by atoms with Gasteiger partial charge in [0, 0.05) is 29.1 Å². The van der Waals surface area contributed by atoms with Gasteiger partial charge in [-0.25, -0.2) is 4.39 Å². The van der Waals surface area contributed by atoms with Gasteiger partial charge in [0.05, 0.1) is 0 Å². The molecular formula is C29H39FN2O. The molecule has 0 aromatic carbocycles. The number of carbonyl (C=O) groups excluding carboxylic acids is 1. The maximum Gasteiger partial charge on any atom is 0.227 e. The van der Waals surface area contributed by atoms with Crippen LogP contribution in [-0.4, -0.2) is 10.9 Å². The summed E-state index contributed by atoms with van der Waals surface area (Å²) in [4.78, 5) is 17.2. The Morgan fingerprint density at radius 1 is 1.12 bits per heavy atom. The minimum atomic E-state index is -0.256. The third-order valence-corrected chi connectivity index (χ3v) is 6.51. The molecule has 1 aromatic rings. The number of amides is 1. The Labute approximate surface area is 199 Å². The smallest absolute Gasteiger partial charge is 0.227 e. The SMILES string of the molecule is C\C=C/C(C)=C\C=C(/C)NC(=O)C(C)C1CCC(c2ccnc(C)c2/C=C(F)\C=C/C)CC1. The molecule has 0 radical (unpaired) electrons. The summed E-state index contributed by atoms with van der Waals surface area (Å²) in [5, 5.41) is 3.06. The van der Waals surface area contributed by atoms with Crippen molar-refractivity contribution < 1.29 is 9.18 Å². The van der Waals surface area contributed by atoms with Crippen LogP contribution in [0, 0.1) is 18.8 Å². The maximum atomic E-state index is 14.2. The van der Waals surface area contributed by atoms with E-state index < -0.39 is 0 Å².